The number of amides is 1. The number of carbonyl (C=O) groups excluding carboxylic acids is 1. The lowest BCUT2D eigenvalue weighted by Crippen LogP contribution is -2.24. The van der Waals surface area contributed by atoms with Crippen LogP contribution in [0.4, 0.5) is 10.2 Å². The van der Waals surface area contributed by atoms with Gasteiger partial charge >= 0.3 is 0 Å². The molecule has 28 heavy (non-hydrogen) atoms. The maximum absolute atomic E-state index is 13.1. The summed E-state index contributed by atoms with van der Waals surface area (Å²) >= 11 is 0. The Balaban J connectivity index is 1.40. The first kappa shape index (κ1) is 18.1. The number of hydrogen-bond donors (Lipinski definition) is 1. The zero-order chi connectivity index (χ0) is 19.5. The first-order valence-corrected chi connectivity index (χ1v) is 9.28. The molecule has 7 nitrogen and oxygen atoms in total. The van der Waals surface area contributed by atoms with Crippen LogP contribution in [0.5, 0.6) is 0 Å². The smallest absolute Gasteiger partial charge is 0.291 e. The van der Waals surface area contributed by atoms with E-state index in [1.165, 1.54) is 29.7 Å². The largest absolute Gasteiger partial charge is 0.357 e. The highest BCUT2D eigenvalue weighted by atomic mass is 19.1. The minimum absolute atomic E-state index is 0.0727. The van der Waals surface area contributed by atoms with Crippen molar-refractivity contribution in [1.82, 2.24) is 25.1 Å². The fourth-order valence-electron chi connectivity index (χ4n) is 3.23. The predicted octanol–water partition coefficient (Wildman–Crippen LogP) is 2.64. The molecule has 1 N–H and O–H groups in total. The number of nitrogens with one attached hydrogen (secondary N) is 1. The number of halogens is 1. The zero-order valence-electron chi connectivity index (χ0n) is 15.6. The monoisotopic (exact) mass is 380 g/mol. The molecule has 8 heteroatoms. The standard InChI is InChI=1S/C20H21FN6O/c1-14-24-19(25-27(14)17-7-5-16(21)6-8-17)20(28)23-13-15-4-9-18(22-12-15)26-10-2-3-11-26/h4-9,12H,2-3,10-11,13H2,1H3,(H,23,28). The van der Waals surface area contributed by atoms with Gasteiger partial charge in [-0.1, -0.05) is 6.07 Å². The Labute approximate surface area is 162 Å². The van der Waals surface area contributed by atoms with Gasteiger partial charge in [0.2, 0.25) is 5.82 Å². The molecule has 3 aromatic rings. The van der Waals surface area contributed by atoms with Crippen molar-refractivity contribution in [3.8, 4) is 5.69 Å². The van der Waals surface area contributed by atoms with Crippen molar-refractivity contribution < 1.29 is 9.18 Å². The Hall–Kier alpha value is -3.29. The van der Waals surface area contributed by atoms with Gasteiger partial charge in [0.1, 0.15) is 17.5 Å². The summed E-state index contributed by atoms with van der Waals surface area (Å²) in [4.78, 5) is 23.4. The molecule has 0 unspecified atom stereocenters. The highest BCUT2D eigenvalue weighted by Gasteiger charge is 2.16. The molecule has 0 spiro atoms. The highest BCUT2D eigenvalue weighted by Crippen LogP contribution is 2.17. The average Bonchev–Trinajstić information content (AvgIpc) is 3.37. The number of aromatic nitrogens is 4. The van der Waals surface area contributed by atoms with E-state index in [4.69, 9.17) is 0 Å². The van der Waals surface area contributed by atoms with Crippen LogP contribution in [0.15, 0.2) is 42.6 Å². The molecule has 1 saturated heterocycles. The molecule has 1 aliphatic heterocycles. The maximum Gasteiger partial charge on any atom is 0.291 e. The van der Waals surface area contributed by atoms with E-state index in [9.17, 15) is 9.18 Å². The second-order valence-corrected chi connectivity index (χ2v) is 6.77. The second kappa shape index (κ2) is 7.75. The lowest BCUT2D eigenvalue weighted by molar-refractivity contribution is 0.0940. The number of aryl methyl sites for hydroxylation is 1. The predicted molar refractivity (Wildman–Crippen MR) is 103 cm³/mol. The summed E-state index contributed by atoms with van der Waals surface area (Å²) in [7, 11) is 0. The SMILES string of the molecule is Cc1nc(C(=O)NCc2ccc(N3CCCC3)nc2)nn1-c1ccc(F)cc1. The topological polar surface area (TPSA) is 75.9 Å². The third kappa shape index (κ3) is 3.85. The van der Waals surface area contributed by atoms with Gasteiger partial charge in [-0.3, -0.25) is 4.79 Å². The fraction of sp³-hybridized carbons (Fsp3) is 0.300. The molecule has 4 rings (SSSR count). The molecule has 0 atom stereocenters. The quantitative estimate of drug-likeness (QED) is 0.736. The van der Waals surface area contributed by atoms with Crippen LogP contribution >= 0.6 is 0 Å². The lowest BCUT2D eigenvalue weighted by Gasteiger charge is -2.16. The van der Waals surface area contributed by atoms with Crippen LogP contribution in [-0.4, -0.2) is 38.7 Å². The van der Waals surface area contributed by atoms with E-state index in [-0.39, 0.29) is 17.5 Å². The van der Waals surface area contributed by atoms with Crippen molar-refractivity contribution in [2.75, 3.05) is 18.0 Å². The van der Waals surface area contributed by atoms with Crippen LogP contribution in [0.1, 0.15) is 34.8 Å². The summed E-state index contributed by atoms with van der Waals surface area (Å²) in [6.45, 7) is 4.18. The van der Waals surface area contributed by atoms with Crippen LogP contribution in [0.3, 0.4) is 0 Å². The summed E-state index contributed by atoms with van der Waals surface area (Å²) in [5.41, 5.74) is 1.55. The van der Waals surface area contributed by atoms with Gasteiger partial charge in [0.25, 0.3) is 5.91 Å². The Kier molecular flexibility index (Phi) is 5.01. The average molecular weight is 380 g/mol. The number of anilines is 1. The third-order valence-corrected chi connectivity index (χ3v) is 4.74. The van der Waals surface area contributed by atoms with Crippen LogP contribution in [0.25, 0.3) is 5.69 Å². The molecule has 0 bridgehead atoms. The first-order valence-electron chi connectivity index (χ1n) is 9.28. The van der Waals surface area contributed by atoms with Crippen LogP contribution < -0.4 is 10.2 Å². The van der Waals surface area contributed by atoms with Crippen LogP contribution in [0, 0.1) is 12.7 Å². The summed E-state index contributed by atoms with van der Waals surface area (Å²) in [6, 6.07) is 9.82. The molecule has 0 saturated carbocycles. The first-order chi connectivity index (χ1) is 13.6. The second-order valence-electron chi connectivity index (χ2n) is 6.77. The minimum Gasteiger partial charge on any atom is -0.357 e. The Bertz CT molecular complexity index is 961. The van der Waals surface area contributed by atoms with E-state index in [0.717, 1.165) is 24.5 Å². The number of hydrogen-bond acceptors (Lipinski definition) is 5. The summed E-state index contributed by atoms with van der Waals surface area (Å²) < 4.78 is 14.6. The number of carbonyl (C=O) groups is 1. The zero-order valence-corrected chi connectivity index (χ0v) is 15.6. The van der Waals surface area contributed by atoms with E-state index < -0.39 is 0 Å². The minimum atomic E-state index is -0.368. The molecule has 3 heterocycles. The van der Waals surface area contributed by atoms with Crippen molar-refractivity contribution in [3.63, 3.8) is 0 Å². The molecule has 144 valence electrons. The van der Waals surface area contributed by atoms with Gasteiger partial charge in [-0.15, -0.1) is 5.10 Å². The molecule has 0 aliphatic carbocycles. The van der Waals surface area contributed by atoms with Gasteiger partial charge in [-0.05, 0) is 55.7 Å². The summed E-state index contributed by atoms with van der Waals surface area (Å²) in [6.07, 6.45) is 4.19. The van der Waals surface area contributed by atoms with Gasteiger partial charge in [0, 0.05) is 25.8 Å². The molecular weight excluding hydrogens is 359 g/mol. The number of nitrogens with zero attached hydrogens (tertiary/aromatic N) is 5. The van der Waals surface area contributed by atoms with Gasteiger partial charge in [0.05, 0.1) is 5.69 Å². The fourth-order valence-corrected chi connectivity index (χ4v) is 3.23. The summed E-state index contributed by atoms with van der Waals surface area (Å²) in [5, 5.41) is 7.05. The van der Waals surface area contributed by atoms with Crippen LogP contribution in [0.2, 0.25) is 0 Å². The Morgan fingerprint density at radius 1 is 1.14 bits per heavy atom. The molecule has 2 aromatic heterocycles. The van der Waals surface area contributed by atoms with Gasteiger partial charge < -0.3 is 10.2 Å². The molecular formula is C20H21FN6O. The van der Waals surface area contributed by atoms with E-state index >= 15 is 0 Å². The normalized spacial score (nSPS) is 13.7. The Morgan fingerprint density at radius 3 is 2.57 bits per heavy atom. The van der Waals surface area contributed by atoms with Crippen molar-refractivity contribution >= 4 is 11.7 Å². The summed E-state index contributed by atoms with van der Waals surface area (Å²) in [5.74, 6) is 0.899. The maximum atomic E-state index is 13.1. The lowest BCUT2D eigenvalue weighted by atomic mass is 10.2. The van der Waals surface area contributed by atoms with Crippen molar-refractivity contribution in [3.05, 3.63) is 65.6 Å². The van der Waals surface area contributed by atoms with Gasteiger partial charge in [-0.2, -0.15) is 0 Å². The molecule has 1 aliphatic rings. The van der Waals surface area contributed by atoms with E-state index in [0.29, 0.717) is 18.1 Å². The molecule has 0 radical (unpaired) electrons. The van der Waals surface area contributed by atoms with Crippen LogP contribution in [-0.2, 0) is 6.54 Å². The Morgan fingerprint density at radius 2 is 1.89 bits per heavy atom. The van der Waals surface area contributed by atoms with E-state index in [1.807, 2.05) is 12.1 Å². The number of pyridine rings is 1. The van der Waals surface area contributed by atoms with Crippen molar-refractivity contribution in [2.45, 2.75) is 26.3 Å². The number of benzene rings is 1. The molecule has 1 fully saturated rings. The highest BCUT2D eigenvalue weighted by molar-refractivity contribution is 5.90. The number of rotatable bonds is 5. The van der Waals surface area contributed by atoms with E-state index in [1.54, 1.807) is 25.3 Å². The van der Waals surface area contributed by atoms with Crippen molar-refractivity contribution in [1.29, 1.82) is 0 Å². The third-order valence-electron chi connectivity index (χ3n) is 4.74. The molecule has 1 amide bonds. The van der Waals surface area contributed by atoms with Gasteiger partial charge in [-0.25, -0.2) is 19.0 Å². The van der Waals surface area contributed by atoms with E-state index in [2.05, 4.69) is 25.3 Å². The van der Waals surface area contributed by atoms with Gasteiger partial charge in [0.15, 0.2) is 0 Å². The molecule has 1 aromatic carbocycles. The van der Waals surface area contributed by atoms with Crippen molar-refractivity contribution in [2.24, 2.45) is 0 Å².